The molecule has 4 bridgehead atoms. The third-order valence-electron chi connectivity index (χ3n) is 11.2. The van der Waals surface area contributed by atoms with E-state index in [1.165, 1.54) is 24.3 Å². The number of halogens is 4. The van der Waals surface area contributed by atoms with E-state index in [0.29, 0.717) is 49.7 Å². The predicted molar refractivity (Wildman–Crippen MR) is 165 cm³/mol. The quantitative estimate of drug-likeness (QED) is 0.281. The highest BCUT2D eigenvalue weighted by Gasteiger charge is 2.73. The van der Waals surface area contributed by atoms with Gasteiger partial charge in [-0.3, -0.25) is 9.59 Å². The molecule has 2 heterocycles. The molecule has 8 fully saturated rings. The van der Waals surface area contributed by atoms with Gasteiger partial charge in [-0.25, -0.2) is 17.6 Å². The molecule has 4 atom stereocenters. The van der Waals surface area contributed by atoms with Gasteiger partial charge in [0.2, 0.25) is 11.8 Å². The Balaban J connectivity index is 0.000000174. The molecule has 2 aromatic rings. The zero-order chi connectivity index (χ0) is 31.1. The Labute approximate surface area is 268 Å². The number of hydrogen-bond acceptors (Lipinski definition) is 4. The number of aldehydes is 1. The van der Waals surface area contributed by atoms with E-state index in [1.54, 1.807) is 34.1 Å². The molecule has 250 valence electrons. The minimum atomic E-state index is -1.08. The number of amides is 2. The largest absolute Gasteiger partial charge is 0.396 e. The van der Waals surface area contributed by atoms with Crippen molar-refractivity contribution < 1.29 is 37.1 Å². The first-order chi connectivity index (χ1) is 20.9. The van der Waals surface area contributed by atoms with Crippen LogP contribution in [0.3, 0.4) is 0 Å². The van der Waals surface area contributed by atoms with E-state index in [4.69, 9.17) is 0 Å². The van der Waals surface area contributed by atoms with Crippen LogP contribution in [0.5, 0.6) is 0 Å². The Morgan fingerprint density at radius 1 is 0.761 bits per heavy atom. The van der Waals surface area contributed by atoms with Crippen molar-refractivity contribution in [1.82, 2.24) is 9.80 Å². The second kappa shape index (κ2) is 11.8. The monoisotopic (exact) mass is 644 g/mol. The van der Waals surface area contributed by atoms with E-state index >= 15 is 0 Å². The van der Waals surface area contributed by atoms with Gasteiger partial charge in [-0.1, -0.05) is 39.1 Å². The molecule has 10 rings (SSSR count). The molecule has 4 unspecified atom stereocenters. The highest BCUT2D eigenvalue weighted by Crippen LogP contribution is 2.74. The number of rotatable bonds is 6. The van der Waals surface area contributed by atoms with Gasteiger partial charge in [-0.15, -0.1) is 0 Å². The molecule has 0 spiro atoms. The Morgan fingerprint density at radius 2 is 1.17 bits per heavy atom. The first-order valence-electron chi connectivity index (χ1n) is 15.4. The molecule has 2 aromatic carbocycles. The first kappa shape index (κ1) is 34.1. The average molecular weight is 645 g/mol. The Hall–Kier alpha value is -3.27. The molecule has 10 heteroatoms. The van der Waals surface area contributed by atoms with Gasteiger partial charge in [0.05, 0.1) is 36.0 Å². The number of aliphatic hydroxyl groups excluding tert-OH is 1. The fourth-order valence-corrected chi connectivity index (χ4v) is 9.30. The lowest BCUT2D eigenvalue weighted by atomic mass is 9.35. The molecule has 46 heavy (non-hydrogen) atoms. The number of likely N-dealkylation sites (tertiary alicyclic amines) is 2. The highest BCUT2D eigenvalue weighted by molar-refractivity contribution is 5.91. The van der Waals surface area contributed by atoms with E-state index in [9.17, 15) is 37.1 Å². The van der Waals surface area contributed by atoms with Gasteiger partial charge in [-0.05, 0) is 79.3 Å². The van der Waals surface area contributed by atoms with Crippen LogP contribution in [0.15, 0.2) is 48.5 Å². The van der Waals surface area contributed by atoms with Crippen molar-refractivity contribution in [3.8, 4) is 0 Å². The lowest BCUT2D eigenvalue weighted by Crippen LogP contribution is -2.69. The maximum Gasteiger partial charge on any atom is 0.229 e. The third kappa shape index (κ3) is 5.24. The van der Waals surface area contributed by atoms with Gasteiger partial charge < -0.3 is 19.7 Å². The summed E-state index contributed by atoms with van der Waals surface area (Å²) < 4.78 is 54.7. The normalized spacial score (nSPS) is 37.5. The maximum absolute atomic E-state index is 13.9. The number of carbonyl (C=O) groups excluding carboxylic acids is 3. The maximum atomic E-state index is 13.9. The predicted octanol–water partition coefficient (Wildman–Crippen LogP) is 6.68. The van der Waals surface area contributed by atoms with Crippen LogP contribution in [0.25, 0.3) is 0 Å². The number of nitrogens with zero attached hydrogens (tertiary/aromatic N) is 2. The summed E-state index contributed by atoms with van der Waals surface area (Å²) in [5, 5.41) is 9.32. The van der Waals surface area contributed by atoms with Crippen LogP contribution < -0.4 is 0 Å². The number of aliphatic hydroxyl groups is 1. The van der Waals surface area contributed by atoms with E-state index in [1.807, 2.05) is 0 Å². The summed E-state index contributed by atoms with van der Waals surface area (Å²) in [6.45, 7) is 0.283. The lowest BCUT2D eigenvalue weighted by Gasteiger charge is -2.69. The fourth-order valence-electron chi connectivity index (χ4n) is 9.30. The first-order valence-corrected chi connectivity index (χ1v) is 15.4. The minimum Gasteiger partial charge on any atom is -0.396 e. The van der Waals surface area contributed by atoms with Crippen molar-refractivity contribution in [3.05, 3.63) is 71.3 Å². The van der Waals surface area contributed by atoms with Crippen LogP contribution in [-0.4, -0.2) is 65.0 Å². The van der Waals surface area contributed by atoms with Gasteiger partial charge in [-0.2, -0.15) is 0 Å². The molecule has 2 amide bonds. The van der Waals surface area contributed by atoms with Crippen molar-refractivity contribution >= 4 is 18.1 Å². The number of carbonyl (C=O) groups is 3. The summed E-state index contributed by atoms with van der Waals surface area (Å²) in [5.74, 6) is -0.822. The summed E-state index contributed by atoms with van der Waals surface area (Å²) in [5.41, 5.74) is 0.106. The Morgan fingerprint density at radius 3 is 1.54 bits per heavy atom. The summed E-state index contributed by atoms with van der Waals surface area (Å²) in [6, 6.07) is 11.3. The van der Waals surface area contributed by atoms with Crippen molar-refractivity contribution in [2.24, 2.45) is 21.7 Å². The second-order valence-corrected chi connectivity index (χ2v) is 14.5. The molecule has 2 aliphatic heterocycles. The second-order valence-electron chi connectivity index (χ2n) is 14.5. The molecule has 0 radical (unpaired) electrons. The zero-order valence-electron chi connectivity index (χ0n) is 24.4. The Kier molecular flexibility index (Phi) is 8.71. The van der Waals surface area contributed by atoms with Gasteiger partial charge in [0.1, 0.15) is 30.3 Å². The lowest BCUT2D eigenvalue weighted by molar-refractivity contribution is -0.229. The van der Waals surface area contributed by atoms with Gasteiger partial charge in [0, 0.05) is 24.9 Å². The van der Waals surface area contributed by atoms with Gasteiger partial charge in [0.15, 0.2) is 0 Å². The standard InChI is InChI=1S/C17H19F2NO2.C17H17F2NO2.2CH4/c2*18-12-3-1-2-11(4-12)14-5-13(19)6-20(14)15(22)17-7-16(8-17,9-17)10-21;;/h1-4,13-14,21H,5-10H2;1-4,10,13-14H,5-9H2;2*1H4. The molecule has 6 saturated carbocycles. The van der Waals surface area contributed by atoms with Crippen molar-refractivity contribution in [1.29, 1.82) is 0 Å². The molecule has 2 saturated heterocycles. The number of alkyl halides is 2. The zero-order valence-corrected chi connectivity index (χ0v) is 24.4. The van der Waals surface area contributed by atoms with E-state index < -0.39 is 29.2 Å². The number of benzene rings is 2. The fraction of sp³-hybridized carbons (Fsp3) is 0.583. The highest BCUT2D eigenvalue weighted by atomic mass is 19.1. The summed E-state index contributed by atoms with van der Waals surface area (Å²) in [6.07, 6.45) is 3.15. The van der Waals surface area contributed by atoms with Crippen molar-refractivity contribution in [3.63, 3.8) is 0 Å². The topological polar surface area (TPSA) is 77.9 Å². The summed E-state index contributed by atoms with van der Waals surface area (Å²) in [4.78, 5) is 39.8. The molecule has 6 aliphatic carbocycles. The Bertz CT molecular complexity index is 1480. The SMILES string of the molecule is C.C.O=C(N1CC(F)CC1c1cccc(F)c1)C12CC(CO)(C1)C2.O=CC12CC(C(=O)N3CC(F)CC3c3cccc(F)c3)(C1)C2. The molecule has 0 aromatic heterocycles. The van der Waals surface area contributed by atoms with E-state index in [2.05, 4.69) is 0 Å². The van der Waals surface area contributed by atoms with Crippen LogP contribution in [0, 0.1) is 33.3 Å². The van der Waals surface area contributed by atoms with Crippen LogP contribution in [-0.2, 0) is 14.4 Å². The van der Waals surface area contributed by atoms with E-state index in [-0.39, 0.29) is 87.7 Å². The summed E-state index contributed by atoms with van der Waals surface area (Å²) in [7, 11) is 0. The van der Waals surface area contributed by atoms with Crippen molar-refractivity contribution in [2.75, 3.05) is 19.7 Å². The van der Waals surface area contributed by atoms with Crippen molar-refractivity contribution in [2.45, 2.75) is 90.6 Å². The molecule has 6 nitrogen and oxygen atoms in total. The molecule has 1 N–H and O–H groups in total. The van der Waals surface area contributed by atoms with Crippen LogP contribution >= 0.6 is 0 Å². The smallest absolute Gasteiger partial charge is 0.229 e. The number of hydrogen-bond donors (Lipinski definition) is 1. The molecular weight excluding hydrogens is 600 g/mol. The third-order valence-corrected chi connectivity index (χ3v) is 11.2. The van der Waals surface area contributed by atoms with Crippen LogP contribution in [0.2, 0.25) is 0 Å². The summed E-state index contributed by atoms with van der Waals surface area (Å²) >= 11 is 0. The molecule has 8 aliphatic rings. The van der Waals surface area contributed by atoms with Gasteiger partial charge in [0.25, 0.3) is 0 Å². The van der Waals surface area contributed by atoms with Crippen LogP contribution in [0.1, 0.15) is 89.4 Å². The molecular formula is C36H44F4N2O4. The van der Waals surface area contributed by atoms with E-state index in [0.717, 1.165) is 6.29 Å². The minimum absolute atomic E-state index is 0. The van der Waals surface area contributed by atoms with Crippen LogP contribution in [0.4, 0.5) is 17.6 Å². The van der Waals surface area contributed by atoms with Gasteiger partial charge >= 0.3 is 0 Å². The average Bonchev–Trinajstić information content (AvgIpc) is 3.49.